The Morgan fingerprint density at radius 1 is 1.11 bits per heavy atom. The molecular weight excluding hydrogens is 236 g/mol. The van der Waals surface area contributed by atoms with E-state index in [1.807, 2.05) is 18.2 Å². The minimum Gasteiger partial charge on any atom is -0.335 e. The summed E-state index contributed by atoms with van der Waals surface area (Å²) in [5.41, 5.74) is 1.16. The average Bonchev–Trinajstić information content (AvgIpc) is 3.21. The molecule has 1 aliphatic carbocycles. The summed E-state index contributed by atoms with van der Waals surface area (Å²) in [6.07, 6.45) is 2.49. The summed E-state index contributed by atoms with van der Waals surface area (Å²) < 4.78 is 0. The van der Waals surface area contributed by atoms with Crippen LogP contribution in [-0.2, 0) is 0 Å². The van der Waals surface area contributed by atoms with Crippen LogP contribution in [0.25, 0.3) is 0 Å². The topological polar surface area (TPSA) is 41.1 Å². The van der Waals surface area contributed by atoms with Crippen molar-refractivity contribution in [3.63, 3.8) is 0 Å². The SMILES string of the molecule is CC(C)C(NC(=O)NC(C)C1CC1)c1ccccc1. The molecule has 2 atom stereocenters. The molecule has 1 fully saturated rings. The lowest BCUT2D eigenvalue weighted by atomic mass is 9.96. The van der Waals surface area contributed by atoms with Crippen LogP contribution >= 0.6 is 0 Å². The Labute approximate surface area is 115 Å². The Balaban J connectivity index is 1.94. The quantitative estimate of drug-likeness (QED) is 0.836. The van der Waals surface area contributed by atoms with Gasteiger partial charge in [-0.25, -0.2) is 4.79 Å². The van der Waals surface area contributed by atoms with Gasteiger partial charge < -0.3 is 10.6 Å². The standard InChI is InChI=1S/C16H24N2O/c1-11(2)15(14-7-5-4-6-8-14)18-16(19)17-12(3)13-9-10-13/h4-8,11-13,15H,9-10H2,1-3H3,(H2,17,18,19). The molecule has 0 spiro atoms. The lowest BCUT2D eigenvalue weighted by molar-refractivity contribution is 0.228. The highest BCUT2D eigenvalue weighted by Gasteiger charge is 2.29. The van der Waals surface area contributed by atoms with E-state index in [4.69, 9.17) is 0 Å². The van der Waals surface area contributed by atoms with Crippen LogP contribution in [0.5, 0.6) is 0 Å². The average molecular weight is 260 g/mol. The van der Waals surface area contributed by atoms with Crippen LogP contribution in [0.3, 0.4) is 0 Å². The van der Waals surface area contributed by atoms with Gasteiger partial charge in [-0.05, 0) is 37.2 Å². The predicted octanol–water partition coefficient (Wildman–Crippen LogP) is 3.48. The normalized spacial score (nSPS) is 17.9. The number of hydrogen-bond acceptors (Lipinski definition) is 1. The van der Waals surface area contributed by atoms with Crippen molar-refractivity contribution in [3.8, 4) is 0 Å². The number of nitrogens with one attached hydrogen (secondary N) is 2. The van der Waals surface area contributed by atoms with Crippen LogP contribution in [0.1, 0.15) is 45.2 Å². The third kappa shape index (κ3) is 3.98. The summed E-state index contributed by atoms with van der Waals surface area (Å²) in [5, 5.41) is 6.14. The first kappa shape index (κ1) is 13.9. The summed E-state index contributed by atoms with van der Waals surface area (Å²) in [5.74, 6) is 1.05. The van der Waals surface area contributed by atoms with Crippen LogP contribution in [0.2, 0.25) is 0 Å². The van der Waals surface area contributed by atoms with Gasteiger partial charge >= 0.3 is 6.03 Å². The highest BCUT2D eigenvalue weighted by atomic mass is 16.2. The largest absolute Gasteiger partial charge is 0.335 e. The molecule has 1 aromatic carbocycles. The Kier molecular flexibility index (Phi) is 4.46. The number of benzene rings is 1. The van der Waals surface area contributed by atoms with Gasteiger partial charge in [0.05, 0.1) is 6.04 Å². The van der Waals surface area contributed by atoms with Gasteiger partial charge in [0.25, 0.3) is 0 Å². The molecule has 3 heteroatoms. The molecule has 1 aromatic rings. The highest BCUT2D eigenvalue weighted by molar-refractivity contribution is 5.74. The van der Waals surface area contributed by atoms with Crippen LogP contribution in [0.15, 0.2) is 30.3 Å². The third-order valence-electron chi connectivity index (χ3n) is 3.80. The van der Waals surface area contributed by atoms with Gasteiger partial charge in [-0.15, -0.1) is 0 Å². The number of carbonyl (C=O) groups excluding carboxylic acids is 1. The molecule has 19 heavy (non-hydrogen) atoms. The monoisotopic (exact) mass is 260 g/mol. The van der Waals surface area contributed by atoms with Gasteiger partial charge in [-0.2, -0.15) is 0 Å². The number of carbonyl (C=O) groups is 1. The summed E-state index contributed by atoms with van der Waals surface area (Å²) in [6.45, 7) is 6.34. The molecule has 0 heterocycles. The van der Waals surface area contributed by atoms with E-state index in [0.717, 1.165) is 5.56 Å². The molecule has 104 valence electrons. The summed E-state index contributed by atoms with van der Waals surface area (Å²) in [6, 6.07) is 10.4. The minimum absolute atomic E-state index is 0.0537. The van der Waals surface area contributed by atoms with Crippen molar-refractivity contribution in [2.45, 2.75) is 45.7 Å². The summed E-state index contributed by atoms with van der Waals surface area (Å²) >= 11 is 0. The second kappa shape index (κ2) is 6.09. The maximum Gasteiger partial charge on any atom is 0.315 e. The molecule has 2 amide bonds. The molecule has 0 aliphatic heterocycles. The van der Waals surface area contributed by atoms with Gasteiger partial charge in [0.15, 0.2) is 0 Å². The maximum absolute atomic E-state index is 12.1. The molecule has 2 N–H and O–H groups in total. The molecule has 0 saturated heterocycles. The second-order valence-corrected chi connectivity index (χ2v) is 5.88. The zero-order valence-electron chi connectivity index (χ0n) is 12.0. The summed E-state index contributed by atoms with van der Waals surface area (Å²) in [7, 11) is 0. The number of urea groups is 1. The Morgan fingerprint density at radius 2 is 1.74 bits per heavy atom. The van der Waals surface area contributed by atoms with Crippen molar-refractivity contribution in [3.05, 3.63) is 35.9 Å². The molecule has 2 rings (SSSR count). The minimum atomic E-state index is -0.0537. The number of amides is 2. The first-order valence-electron chi connectivity index (χ1n) is 7.20. The van der Waals surface area contributed by atoms with Gasteiger partial charge in [0.1, 0.15) is 0 Å². The van der Waals surface area contributed by atoms with E-state index in [0.29, 0.717) is 11.8 Å². The van der Waals surface area contributed by atoms with E-state index < -0.39 is 0 Å². The number of hydrogen-bond donors (Lipinski definition) is 2. The molecule has 3 nitrogen and oxygen atoms in total. The first-order valence-corrected chi connectivity index (χ1v) is 7.20. The maximum atomic E-state index is 12.1. The van der Waals surface area contributed by atoms with Crippen LogP contribution in [-0.4, -0.2) is 12.1 Å². The lowest BCUT2D eigenvalue weighted by Crippen LogP contribution is -2.44. The fourth-order valence-corrected chi connectivity index (χ4v) is 2.40. The molecule has 1 aliphatic rings. The van der Waals surface area contributed by atoms with Gasteiger partial charge in [-0.1, -0.05) is 44.2 Å². The molecule has 0 radical (unpaired) electrons. The van der Waals surface area contributed by atoms with Crippen molar-refractivity contribution in [1.29, 1.82) is 0 Å². The van der Waals surface area contributed by atoms with Crippen molar-refractivity contribution in [2.75, 3.05) is 0 Å². The van der Waals surface area contributed by atoms with E-state index in [2.05, 4.69) is 43.5 Å². The third-order valence-corrected chi connectivity index (χ3v) is 3.80. The molecule has 0 bridgehead atoms. The van der Waals surface area contributed by atoms with Gasteiger partial charge in [0, 0.05) is 6.04 Å². The zero-order chi connectivity index (χ0) is 13.8. The zero-order valence-corrected chi connectivity index (χ0v) is 12.0. The Bertz CT molecular complexity index is 412. The fraction of sp³-hybridized carbons (Fsp3) is 0.562. The van der Waals surface area contributed by atoms with Crippen molar-refractivity contribution < 1.29 is 4.79 Å². The molecule has 0 aromatic heterocycles. The lowest BCUT2D eigenvalue weighted by Gasteiger charge is -2.24. The Hall–Kier alpha value is -1.51. The van der Waals surface area contributed by atoms with Crippen molar-refractivity contribution >= 4 is 6.03 Å². The van der Waals surface area contributed by atoms with Crippen molar-refractivity contribution in [1.82, 2.24) is 10.6 Å². The van der Waals surface area contributed by atoms with Crippen molar-refractivity contribution in [2.24, 2.45) is 11.8 Å². The predicted molar refractivity (Wildman–Crippen MR) is 77.9 cm³/mol. The number of rotatable bonds is 5. The van der Waals surface area contributed by atoms with E-state index >= 15 is 0 Å². The van der Waals surface area contributed by atoms with Crippen LogP contribution < -0.4 is 10.6 Å². The summed E-state index contributed by atoms with van der Waals surface area (Å²) in [4.78, 5) is 12.1. The van der Waals surface area contributed by atoms with Gasteiger partial charge in [-0.3, -0.25) is 0 Å². The Morgan fingerprint density at radius 3 is 2.26 bits per heavy atom. The van der Waals surface area contributed by atoms with E-state index in [-0.39, 0.29) is 18.1 Å². The van der Waals surface area contributed by atoms with E-state index in [9.17, 15) is 4.79 Å². The molecule has 1 saturated carbocycles. The smallest absolute Gasteiger partial charge is 0.315 e. The van der Waals surface area contributed by atoms with E-state index in [1.165, 1.54) is 12.8 Å². The highest BCUT2D eigenvalue weighted by Crippen LogP contribution is 2.32. The molecular formula is C16H24N2O. The van der Waals surface area contributed by atoms with Crippen LogP contribution in [0.4, 0.5) is 4.79 Å². The fourth-order valence-electron chi connectivity index (χ4n) is 2.40. The van der Waals surface area contributed by atoms with Crippen LogP contribution in [0, 0.1) is 11.8 Å². The first-order chi connectivity index (χ1) is 9.08. The second-order valence-electron chi connectivity index (χ2n) is 5.88. The van der Waals surface area contributed by atoms with E-state index in [1.54, 1.807) is 0 Å². The van der Waals surface area contributed by atoms with Gasteiger partial charge in [0.2, 0.25) is 0 Å². The molecule has 2 unspecified atom stereocenters.